The van der Waals surface area contributed by atoms with Crippen molar-refractivity contribution in [3.05, 3.63) is 40.3 Å². The molecule has 23 heavy (non-hydrogen) atoms. The monoisotopic (exact) mass is 335 g/mol. The van der Waals surface area contributed by atoms with Crippen LogP contribution in [0.4, 0.5) is 0 Å². The van der Waals surface area contributed by atoms with E-state index in [-0.39, 0.29) is 6.10 Å². The maximum atomic E-state index is 6.09. The summed E-state index contributed by atoms with van der Waals surface area (Å²) in [4.78, 5) is 3.97. The Morgan fingerprint density at radius 3 is 3.00 bits per heavy atom. The van der Waals surface area contributed by atoms with Crippen LogP contribution < -0.4 is 0 Å². The molecule has 2 atom stereocenters. The van der Waals surface area contributed by atoms with Gasteiger partial charge in [-0.3, -0.25) is 9.58 Å². The molecule has 2 aromatic heterocycles. The molecule has 0 unspecified atom stereocenters. The highest BCUT2D eigenvalue weighted by atomic mass is 32.1. The first-order valence-electron chi connectivity index (χ1n) is 8.11. The average molecular weight is 335 g/mol. The third-order valence-corrected chi connectivity index (χ3v) is 5.22. The van der Waals surface area contributed by atoms with E-state index in [9.17, 15) is 0 Å². The summed E-state index contributed by atoms with van der Waals surface area (Å²) in [5.74, 6) is 0. The molecule has 0 aromatic carbocycles. The van der Waals surface area contributed by atoms with E-state index in [4.69, 9.17) is 9.47 Å². The van der Waals surface area contributed by atoms with Gasteiger partial charge in [-0.05, 0) is 29.9 Å². The summed E-state index contributed by atoms with van der Waals surface area (Å²) in [5.41, 5.74) is 1.27. The fourth-order valence-electron chi connectivity index (χ4n) is 3.24. The number of hydrogen-bond acceptors (Lipinski definition) is 5. The number of aryl methyl sites for hydroxylation is 1. The Labute approximate surface area is 141 Å². The Morgan fingerprint density at radius 1 is 1.39 bits per heavy atom. The molecular formula is C17H25N3O2S. The van der Waals surface area contributed by atoms with Gasteiger partial charge in [0.1, 0.15) is 0 Å². The van der Waals surface area contributed by atoms with Crippen molar-refractivity contribution in [3.8, 4) is 0 Å². The van der Waals surface area contributed by atoms with Gasteiger partial charge < -0.3 is 9.47 Å². The smallest absolute Gasteiger partial charge is 0.0746 e. The van der Waals surface area contributed by atoms with Gasteiger partial charge in [-0.25, -0.2) is 0 Å². The molecule has 1 aliphatic heterocycles. The summed E-state index contributed by atoms with van der Waals surface area (Å²) < 4.78 is 13.1. The zero-order valence-electron chi connectivity index (χ0n) is 13.9. The Hall–Kier alpha value is -1.21. The zero-order chi connectivity index (χ0) is 16.1. The Balaban J connectivity index is 1.67. The van der Waals surface area contributed by atoms with E-state index < -0.39 is 0 Å². The molecule has 1 fully saturated rings. The number of methoxy groups -OCH3 is 1. The van der Waals surface area contributed by atoms with E-state index in [0.29, 0.717) is 19.3 Å². The molecule has 6 heteroatoms. The number of rotatable bonds is 8. The van der Waals surface area contributed by atoms with Crippen LogP contribution in [-0.4, -0.2) is 53.7 Å². The molecule has 5 nitrogen and oxygen atoms in total. The molecule has 0 N–H and O–H groups in total. The summed E-state index contributed by atoms with van der Waals surface area (Å²) in [6.07, 6.45) is 6.41. The summed E-state index contributed by atoms with van der Waals surface area (Å²) in [7, 11) is 3.68. The van der Waals surface area contributed by atoms with Crippen LogP contribution in [0.25, 0.3) is 0 Å². The van der Waals surface area contributed by atoms with Crippen LogP contribution >= 0.6 is 11.3 Å². The fraction of sp³-hybridized carbons (Fsp3) is 0.588. The second kappa shape index (κ2) is 8.06. The molecule has 3 heterocycles. The van der Waals surface area contributed by atoms with E-state index >= 15 is 0 Å². The first-order chi connectivity index (χ1) is 11.3. The molecule has 3 rings (SSSR count). The third kappa shape index (κ3) is 4.41. The minimum absolute atomic E-state index is 0.269. The van der Waals surface area contributed by atoms with Crippen LogP contribution in [0.3, 0.4) is 0 Å². The van der Waals surface area contributed by atoms with E-state index in [0.717, 1.165) is 25.9 Å². The second-order valence-electron chi connectivity index (χ2n) is 6.03. The van der Waals surface area contributed by atoms with Gasteiger partial charge in [0.25, 0.3) is 0 Å². The fourth-order valence-corrected chi connectivity index (χ4v) is 3.97. The molecule has 0 radical (unpaired) electrons. The lowest BCUT2D eigenvalue weighted by Gasteiger charge is -2.27. The number of ether oxygens (including phenoxy) is 2. The molecule has 0 bridgehead atoms. The van der Waals surface area contributed by atoms with E-state index in [1.807, 2.05) is 29.3 Å². The maximum Gasteiger partial charge on any atom is 0.0746 e. The topological polar surface area (TPSA) is 39.5 Å². The van der Waals surface area contributed by atoms with Crippen LogP contribution in [0.1, 0.15) is 16.9 Å². The first kappa shape index (κ1) is 16.6. The molecule has 126 valence electrons. The third-order valence-electron chi connectivity index (χ3n) is 4.36. The van der Waals surface area contributed by atoms with E-state index in [2.05, 4.69) is 33.7 Å². The SMILES string of the molecule is COCCO[C@@H]1CCN(Cc2cccs2)[C@@H]1Cc1cnn(C)c1. The summed E-state index contributed by atoms with van der Waals surface area (Å²) in [6.45, 7) is 3.41. The molecule has 2 aromatic rings. The highest BCUT2D eigenvalue weighted by Crippen LogP contribution is 2.27. The zero-order valence-corrected chi connectivity index (χ0v) is 14.7. The predicted octanol–water partition coefficient (Wildman–Crippen LogP) is 2.33. The van der Waals surface area contributed by atoms with Crippen molar-refractivity contribution in [2.24, 2.45) is 7.05 Å². The number of likely N-dealkylation sites (tertiary alicyclic amines) is 1. The quantitative estimate of drug-likeness (QED) is 0.694. The van der Waals surface area contributed by atoms with Crippen molar-refractivity contribution in [1.82, 2.24) is 14.7 Å². The van der Waals surface area contributed by atoms with E-state index in [1.54, 1.807) is 7.11 Å². The highest BCUT2D eigenvalue weighted by Gasteiger charge is 2.35. The van der Waals surface area contributed by atoms with E-state index in [1.165, 1.54) is 10.4 Å². The van der Waals surface area contributed by atoms with Gasteiger partial charge in [0.05, 0.1) is 25.5 Å². The average Bonchev–Trinajstić information content (AvgIpc) is 3.26. The minimum atomic E-state index is 0.269. The second-order valence-corrected chi connectivity index (χ2v) is 7.07. The molecular weight excluding hydrogens is 310 g/mol. The van der Waals surface area contributed by atoms with Gasteiger partial charge in [-0.15, -0.1) is 11.3 Å². The molecule has 1 saturated heterocycles. The lowest BCUT2D eigenvalue weighted by Crippen LogP contribution is -2.38. The maximum absolute atomic E-state index is 6.09. The predicted molar refractivity (Wildman–Crippen MR) is 91.7 cm³/mol. The van der Waals surface area contributed by atoms with Gasteiger partial charge in [-0.2, -0.15) is 5.10 Å². The van der Waals surface area contributed by atoms with Gasteiger partial charge in [0.2, 0.25) is 0 Å². The van der Waals surface area contributed by atoms with Crippen molar-refractivity contribution < 1.29 is 9.47 Å². The molecule has 0 spiro atoms. The van der Waals surface area contributed by atoms with Gasteiger partial charge in [0.15, 0.2) is 0 Å². The lowest BCUT2D eigenvalue weighted by atomic mass is 10.0. The van der Waals surface area contributed by atoms with Gasteiger partial charge in [0, 0.05) is 44.4 Å². The normalized spacial score (nSPS) is 22.0. The Kier molecular flexibility index (Phi) is 5.83. The van der Waals surface area contributed by atoms with Gasteiger partial charge in [-0.1, -0.05) is 6.07 Å². The molecule has 0 aliphatic carbocycles. The minimum Gasteiger partial charge on any atom is -0.382 e. The number of aromatic nitrogens is 2. The van der Waals surface area contributed by atoms with Gasteiger partial charge >= 0.3 is 0 Å². The van der Waals surface area contributed by atoms with Crippen molar-refractivity contribution >= 4 is 11.3 Å². The van der Waals surface area contributed by atoms with Crippen molar-refractivity contribution in [2.75, 3.05) is 26.9 Å². The largest absolute Gasteiger partial charge is 0.382 e. The van der Waals surface area contributed by atoms with Crippen LogP contribution in [0, 0.1) is 0 Å². The van der Waals surface area contributed by atoms with Crippen molar-refractivity contribution in [1.29, 1.82) is 0 Å². The van der Waals surface area contributed by atoms with Crippen LogP contribution in [0.2, 0.25) is 0 Å². The van der Waals surface area contributed by atoms with Crippen molar-refractivity contribution in [2.45, 2.75) is 31.5 Å². The molecule has 1 aliphatic rings. The number of hydrogen-bond donors (Lipinski definition) is 0. The standard InChI is InChI=1S/C17H25N3O2S/c1-19-12-14(11-18-19)10-16-17(22-8-7-21-2)5-6-20(16)13-15-4-3-9-23-15/h3-4,9,11-12,16-17H,5-8,10,13H2,1-2H3/t16-,17-/m1/s1. The van der Waals surface area contributed by atoms with Crippen molar-refractivity contribution in [3.63, 3.8) is 0 Å². The van der Waals surface area contributed by atoms with Crippen LogP contribution in [-0.2, 0) is 29.5 Å². The van der Waals surface area contributed by atoms with Crippen LogP contribution in [0.5, 0.6) is 0 Å². The number of thiophene rings is 1. The highest BCUT2D eigenvalue weighted by molar-refractivity contribution is 7.09. The molecule has 0 saturated carbocycles. The summed E-state index contributed by atoms with van der Waals surface area (Å²) in [6, 6.07) is 4.74. The summed E-state index contributed by atoms with van der Waals surface area (Å²) >= 11 is 1.83. The number of nitrogens with zero attached hydrogens (tertiary/aromatic N) is 3. The lowest BCUT2D eigenvalue weighted by molar-refractivity contribution is -0.00121. The summed E-state index contributed by atoms with van der Waals surface area (Å²) in [5, 5.41) is 6.45. The molecule has 0 amide bonds. The van der Waals surface area contributed by atoms with Crippen LogP contribution in [0.15, 0.2) is 29.9 Å². The Bertz CT molecular complexity index is 584. The first-order valence-corrected chi connectivity index (χ1v) is 8.98. The Morgan fingerprint density at radius 2 is 2.30 bits per heavy atom.